The summed E-state index contributed by atoms with van der Waals surface area (Å²) in [5, 5.41) is 18.0. The van der Waals surface area contributed by atoms with Crippen LogP contribution >= 0.6 is 11.6 Å². The van der Waals surface area contributed by atoms with E-state index in [9.17, 15) is 5.11 Å². The van der Waals surface area contributed by atoms with E-state index in [0.29, 0.717) is 13.2 Å². The van der Waals surface area contributed by atoms with E-state index in [0.717, 1.165) is 60.8 Å². The third kappa shape index (κ3) is 5.15. The summed E-state index contributed by atoms with van der Waals surface area (Å²) in [5.74, 6) is 0.805. The Hall–Kier alpha value is -1.76. The average molecular weight is 393 g/mol. The van der Waals surface area contributed by atoms with Crippen molar-refractivity contribution < 1.29 is 9.84 Å². The molecule has 148 valence electrons. The van der Waals surface area contributed by atoms with Gasteiger partial charge < -0.3 is 25.5 Å². The van der Waals surface area contributed by atoms with Gasteiger partial charge in [0.1, 0.15) is 0 Å². The Kier molecular flexibility index (Phi) is 6.99. The largest absolute Gasteiger partial charge is 0.396 e. The highest BCUT2D eigenvalue weighted by Gasteiger charge is 2.34. The molecule has 1 unspecified atom stereocenters. The van der Waals surface area contributed by atoms with Crippen LogP contribution in [0.25, 0.3) is 10.9 Å². The Balaban J connectivity index is 1.59. The van der Waals surface area contributed by atoms with Gasteiger partial charge in [-0.15, -0.1) is 0 Å². The van der Waals surface area contributed by atoms with Crippen LogP contribution in [-0.2, 0) is 11.2 Å². The average Bonchev–Trinajstić information content (AvgIpc) is 3.28. The number of ether oxygens (including phenoxy) is 1. The number of rotatable bonds is 8. The van der Waals surface area contributed by atoms with Gasteiger partial charge in [-0.1, -0.05) is 11.6 Å². The predicted molar refractivity (Wildman–Crippen MR) is 111 cm³/mol. The molecular formula is C20H29ClN4O2. The minimum absolute atomic E-state index is 0.0370. The summed E-state index contributed by atoms with van der Waals surface area (Å²) in [5.41, 5.74) is 2.30. The minimum Gasteiger partial charge on any atom is -0.396 e. The topological polar surface area (TPSA) is 81.7 Å². The van der Waals surface area contributed by atoms with E-state index < -0.39 is 0 Å². The van der Waals surface area contributed by atoms with Gasteiger partial charge >= 0.3 is 0 Å². The SMILES string of the molecule is CCNC(=NCC1(CCO)CCOC1)NCCc1c[nH]c2ccc(Cl)cc12. The summed E-state index contributed by atoms with van der Waals surface area (Å²) < 4.78 is 5.55. The molecule has 0 radical (unpaired) electrons. The van der Waals surface area contributed by atoms with Crippen LogP contribution in [0.5, 0.6) is 0 Å². The zero-order chi connectivity index (χ0) is 19.1. The number of aliphatic imine (C=N–C) groups is 1. The van der Waals surface area contributed by atoms with Crippen LogP contribution in [-0.4, -0.2) is 55.5 Å². The molecule has 27 heavy (non-hydrogen) atoms. The molecule has 1 aromatic heterocycles. The molecule has 0 saturated carbocycles. The van der Waals surface area contributed by atoms with Crippen LogP contribution in [0.4, 0.5) is 0 Å². The monoisotopic (exact) mass is 392 g/mol. The molecular weight excluding hydrogens is 364 g/mol. The van der Waals surface area contributed by atoms with Crippen molar-refractivity contribution in [3.8, 4) is 0 Å². The molecule has 7 heteroatoms. The number of aliphatic hydroxyl groups excluding tert-OH is 1. The number of hydrogen-bond acceptors (Lipinski definition) is 3. The van der Waals surface area contributed by atoms with Crippen LogP contribution in [0.1, 0.15) is 25.3 Å². The maximum Gasteiger partial charge on any atom is 0.191 e. The van der Waals surface area contributed by atoms with Crippen LogP contribution in [0, 0.1) is 5.41 Å². The van der Waals surface area contributed by atoms with Crippen molar-refractivity contribution >= 4 is 28.5 Å². The van der Waals surface area contributed by atoms with Gasteiger partial charge in [0.05, 0.1) is 13.2 Å². The number of nitrogens with zero attached hydrogens (tertiary/aromatic N) is 1. The summed E-state index contributed by atoms with van der Waals surface area (Å²) >= 11 is 6.13. The van der Waals surface area contributed by atoms with Crippen molar-refractivity contribution in [2.24, 2.45) is 10.4 Å². The summed E-state index contributed by atoms with van der Waals surface area (Å²) in [6.45, 7) is 5.89. The summed E-state index contributed by atoms with van der Waals surface area (Å²) in [7, 11) is 0. The van der Waals surface area contributed by atoms with Gasteiger partial charge in [0.2, 0.25) is 0 Å². The van der Waals surface area contributed by atoms with Gasteiger partial charge in [0.15, 0.2) is 5.96 Å². The zero-order valence-electron chi connectivity index (χ0n) is 15.9. The van der Waals surface area contributed by atoms with Gasteiger partial charge in [0.25, 0.3) is 0 Å². The first-order valence-electron chi connectivity index (χ1n) is 9.62. The van der Waals surface area contributed by atoms with Crippen molar-refractivity contribution in [3.63, 3.8) is 0 Å². The van der Waals surface area contributed by atoms with E-state index in [1.807, 2.05) is 24.4 Å². The van der Waals surface area contributed by atoms with E-state index in [2.05, 4.69) is 22.5 Å². The second-order valence-electron chi connectivity index (χ2n) is 7.15. The molecule has 0 amide bonds. The molecule has 1 aliphatic rings. The first-order valence-corrected chi connectivity index (χ1v) is 10.00. The predicted octanol–water partition coefficient (Wildman–Crippen LogP) is 2.71. The molecule has 0 aliphatic carbocycles. The normalized spacial score (nSPS) is 20.3. The Bertz CT molecular complexity index is 768. The number of nitrogens with one attached hydrogen (secondary N) is 3. The van der Waals surface area contributed by atoms with Crippen molar-refractivity contribution in [3.05, 3.63) is 35.0 Å². The maximum atomic E-state index is 9.37. The Morgan fingerprint density at radius 1 is 1.41 bits per heavy atom. The molecule has 1 saturated heterocycles. The standard InChI is InChI=1S/C20H29ClN4O2/c1-2-22-19(25-13-20(6-9-26)7-10-27-14-20)23-8-5-15-12-24-18-4-3-16(21)11-17(15)18/h3-4,11-12,24,26H,2,5-10,13-14H2,1H3,(H2,22,23,25). The van der Waals surface area contributed by atoms with Crippen molar-refractivity contribution in [2.45, 2.75) is 26.2 Å². The highest BCUT2D eigenvalue weighted by atomic mass is 35.5. The molecule has 3 rings (SSSR count). The highest BCUT2D eigenvalue weighted by molar-refractivity contribution is 6.31. The molecule has 1 aromatic carbocycles. The van der Waals surface area contributed by atoms with E-state index >= 15 is 0 Å². The quantitative estimate of drug-likeness (QED) is 0.411. The molecule has 1 fully saturated rings. The van der Waals surface area contributed by atoms with Crippen LogP contribution < -0.4 is 10.6 Å². The first kappa shape index (κ1) is 20.0. The number of hydrogen-bond donors (Lipinski definition) is 4. The van der Waals surface area contributed by atoms with E-state index in [1.165, 1.54) is 5.56 Å². The Morgan fingerprint density at radius 2 is 2.30 bits per heavy atom. The van der Waals surface area contributed by atoms with Gasteiger partial charge in [0, 0.05) is 53.8 Å². The molecule has 0 spiro atoms. The number of aromatic nitrogens is 1. The van der Waals surface area contributed by atoms with Crippen molar-refractivity contribution in [1.82, 2.24) is 15.6 Å². The van der Waals surface area contributed by atoms with Gasteiger partial charge in [-0.3, -0.25) is 4.99 Å². The molecule has 0 bridgehead atoms. The smallest absolute Gasteiger partial charge is 0.191 e. The highest BCUT2D eigenvalue weighted by Crippen LogP contribution is 2.32. The molecule has 2 heterocycles. The fraction of sp³-hybridized carbons (Fsp3) is 0.550. The second kappa shape index (κ2) is 9.44. The number of guanidine groups is 1. The Labute approximate surface area is 165 Å². The first-order chi connectivity index (χ1) is 13.2. The van der Waals surface area contributed by atoms with Crippen LogP contribution in [0.2, 0.25) is 5.02 Å². The van der Waals surface area contributed by atoms with E-state index in [4.69, 9.17) is 21.3 Å². The number of aromatic amines is 1. The lowest BCUT2D eigenvalue weighted by atomic mass is 9.84. The number of aliphatic hydroxyl groups is 1. The fourth-order valence-corrected chi connectivity index (χ4v) is 3.72. The third-order valence-electron chi connectivity index (χ3n) is 5.16. The molecule has 1 aliphatic heterocycles. The van der Waals surface area contributed by atoms with Crippen LogP contribution in [0.3, 0.4) is 0 Å². The zero-order valence-corrected chi connectivity index (χ0v) is 16.6. The Morgan fingerprint density at radius 3 is 3.04 bits per heavy atom. The number of H-pyrrole nitrogens is 1. The third-order valence-corrected chi connectivity index (χ3v) is 5.40. The van der Waals surface area contributed by atoms with Crippen molar-refractivity contribution in [1.29, 1.82) is 0 Å². The summed E-state index contributed by atoms with van der Waals surface area (Å²) in [4.78, 5) is 8.05. The van der Waals surface area contributed by atoms with Crippen molar-refractivity contribution in [2.75, 3.05) is 39.5 Å². The van der Waals surface area contributed by atoms with Crippen LogP contribution in [0.15, 0.2) is 29.4 Å². The summed E-state index contributed by atoms with van der Waals surface area (Å²) in [6.07, 6.45) is 4.59. The lowest BCUT2D eigenvalue weighted by molar-refractivity contribution is 0.131. The molecule has 6 nitrogen and oxygen atoms in total. The van der Waals surface area contributed by atoms with Gasteiger partial charge in [-0.2, -0.15) is 0 Å². The minimum atomic E-state index is -0.0370. The molecule has 1 atom stereocenters. The maximum absolute atomic E-state index is 9.37. The number of halogens is 1. The van der Waals surface area contributed by atoms with E-state index in [-0.39, 0.29) is 12.0 Å². The summed E-state index contributed by atoms with van der Waals surface area (Å²) in [6, 6.07) is 5.90. The lowest BCUT2D eigenvalue weighted by Gasteiger charge is -2.24. The van der Waals surface area contributed by atoms with Gasteiger partial charge in [-0.25, -0.2) is 0 Å². The fourth-order valence-electron chi connectivity index (χ4n) is 3.55. The lowest BCUT2D eigenvalue weighted by Crippen LogP contribution is -2.39. The van der Waals surface area contributed by atoms with Gasteiger partial charge in [-0.05, 0) is 49.9 Å². The molecule has 4 N–H and O–H groups in total. The molecule has 2 aromatic rings. The van der Waals surface area contributed by atoms with E-state index in [1.54, 1.807) is 0 Å². The second-order valence-corrected chi connectivity index (χ2v) is 7.59. The number of fused-ring (bicyclic) bond motifs is 1. The number of benzene rings is 1.